The molecule has 0 radical (unpaired) electrons. The van der Waals surface area contributed by atoms with Crippen molar-refractivity contribution in [3.8, 4) is 0 Å². The number of halogens is 2. The van der Waals surface area contributed by atoms with E-state index in [4.69, 9.17) is 0 Å². The Morgan fingerprint density at radius 2 is 2.22 bits per heavy atom. The van der Waals surface area contributed by atoms with Crippen molar-refractivity contribution in [3.05, 3.63) is 18.0 Å². The molecular weight excluding hydrogens is 337 g/mol. The van der Waals surface area contributed by atoms with Gasteiger partial charge in [0.25, 0.3) is 0 Å². The predicted molar refractivity (Wildman–Crippen MR) is 97.4 cm³/mol. The minimum absolute atomic E-state index is 0. The molecule has 134 valence electrons. The number of aromatic nitrogens is 2. The van der Waals surface area contributed by atoms with E-state index >= 15 is 0 Å². The molecule has 0 aromatic carbocycles. The molecule has 2 N–H and O–H groups in total. The van der Waals surface area contributed by atoms with Crippen LogP contribution < -0.4 is 10.6 Å². The van der Waals surface area contributed by atoms with Crippen molar-refractivity contribution in [1.29, 1.82) is 0 Å². The normalized spacial score (nSPS) is 19.3. The Morgan fingerprint density at radius 3 is 2.78 bits per heavy atom. The maximum atomic E-state index is 12.3. The van der Waals surface area contributed by atoms with Crippen LogP contribution in [0, 0.1) is 5.92 Å². The molecule has 2 rings (SSSR count). The van der Waals surface area contributed by atoms with Crippen LogP contribution in [0.15, 0.2) is 12.4 Å². The minimum Gasteiger partial charge on any atom is -0.353 e. The van der Waals surface area contributed by atoms with Crippen LogP contribution in [0.3, 0.4) is 0 Å². The van der Waals surface area contributed by atoms with Crippen molar-refractivity contribution in [1.82, 2.24) is 25.3 Å². The topological polar surface area (TPSA) is 62.2 Å². The number of rotatable bonds is 6. The van der Waals surface area contributed by atoms with Gasteiger partial charge in [0, 0.05) is 38.4 Å². The molecule has 1 aromatic heterocycles. The smallest absolute Gasteiger partial charge is 0.241 e. The van der Waals surface area contributed by atoms with Gasteiger partial charge in [-0.1, -0.05) is 6.92 Å². The van der Waals surface area contributed by atoms with Gasteiger partial charge in [0.2, 0.25) is 5.91 Å². The lowest BCUT2D eigenvalue weighted by Crippen LogP contribution is -2.42. The number of amides is 1. The van der Waals surface area contributed by atoms with Crippen LogP contribution in [0.5, 0.6) is 0 Å². The summed E-state index contributed by atoms with van der Waals surface area (Å²) in [6, 6.07) is -0.334. The van der Waals surface area contributed by atoms with Crippen LogP contribution in [-0.4, -0.2) is 53.8 Å². The fraction of sp³-hybridized carbons (Fsp3) is 0.733. The molecule has 2 heterocycles. The second-order valence-electron chi connectivity index (χ2n) is 6.01. The maximum Gasteiger partial charge on any atom is 0.241 e. The van der Waals surface area contributed by atoms with Crippen LogP contribution in [0.1, 0.15) is 31.4 Å². The highest BCUT2D eigenvalue weighted by atomic mass is 35.5. The van der Waals surface area contributed by atoms with Crippen molar-refractivity contribution < 1.29 is 4.79 Å². The quantitative estimate of drug-likeness (QED) is 0.799. The fourth-order valence-corrected chi connectivity index (χ4v) is 2.97. The minimum atomic E-state index is -0.334. The summed E-state index contributed by atoms with van der Waals surface area (Å²) in [5, 5.41) is 10.2. The number of likely N-dealkylation sites (N-methyl/N-ethyl adjacent to an activating group) is 1. The summed E-state index contributed by atoms with van der Waals surface area (Å²) < 4.78 is 1.71. The van der Waals surface area contributed by atoms with Gasteiger partial charge in [0.15, 0.2) is 0 Å². The highest BCUT2D eigenvalue weighted by molar-refractivity contribution is 5.85. The SMILES string of the molecule is CNC(C(=O)NCCN1CCCC(C)C1)c1cnn(C)c1.Cl.Cl. The lowest BCUT2D eigenvalue weighted by molar-refractivity contribution is -0.123. The van der Waals surface area contributed by atoms with Crippen LogP contribution in [0.2, 0.25) is 0 Å². The Labute approximate surface area is 151 Å². The summed E-state index contributed by atoms with van der Waals surface area (Å²) in [6.45, 7) is 6.22. The zero-order valence-corrected chi connectivity index (χ0v) is 15.8. The van der Waals surface area contributed by atoms with Gasteiger partial charge >= 0.3 is 0 Å². The van der Waals surface area contributed by atoms with Crippen molar-refractivity contribution in [2.75, 3.05) is 33.2 Å². The van der Waals surface area contributed by atoms with Crippen molar-refractivity contribution in [2.45, 2.75) is 25.8 Å². The molecule has 0 bridgehead atoms. The van der Waals surface area contributed by atoms with Gasteiger partial charge in [-0.2, -0.15) is 5.10 Å². The molecule has 0 spiro atoms. The summed E-state index contributed by atoms with van der Waals surface area (Å²) in [6.07, 6.45) is 6.19. The lowest BCUT2D eigenvalue weighted by atomic mass is 10.0. The molecule has 2 atom stereocenters. The molecule has 1 fully saturated rings. The zero-order chi connectivity index (χ0) is 15.2. The fourth-order valence-electron chi connectivity index (χ4n) is 2.97. The third-order valence-electron chi connectivity index (χ3n) is 4.08. The molecule has 0 saturated carbocycles. The summed E-state index contributed by atoms with van der Waals surface area (Å²) in [5.41, 5.74) is 0.893. The van der Waals surface area contributed by atoms with E-state index in [2.05, 4.69) is 27.6 Å². The van der Waals surface area contributed by atoms with Gasteiger partial charge in [-0.3, -0.25) is 9.48 Å². The standard InChI is InChI=1S/C15H27N5O.2ClH/c1-12-5-4-7-20(10-12)8-6-17-15(21)14(16-2)13-9-18-19(3)11-13;;/h9,11-12,14,16H,4-8,10H2,1-3H3,(H,17,21);2*1H. The molecule has 23 heavy (non-hydrogen) atoms. The van der Waals surface area contributed by atoms with Crippen molar-refractivity contribution in [2.24, 2.45) is 13.0 Å². The molecular formula is C15H29Cl2N5O. The number of carbonyl (C=O) groups is 1. The first-order valence-corrected chi connectivity index (χ1v) is 7.76. The molecule has 8 heteroatoms. The first-order valence-electron chi connectivity index (χ1n) is 7.76. The second kappa shape index (κ2) is 10.9. The van der Waals surface area contributed by atoms with Crippen LogP contribution in [0.25, 0.3) is 0 Å². The first kappa shape index (κ1) is 22.2. The Hall–Kier alpha value is -0.820. The lowest BCUT2D eigenvalue weighted by Gasteiger charge is -2.30. The highest BCUT2D eigenvalue weighted by Crippen LogP contribution is 2.15. The van der Waals surface area contributed by atoms with Gasteiger partial charge in [0.05, 0.1) is 6.20 Å². The Kier molecular flexibility index (Phi) is 10.5. The Bertz CT molecular complexity index is 468. The molecule has 1 aliphatic heterocycles. The van der Waals surface area contributed by atoms with Crippen LogP contribution >= 0.6 is 24.8 Å². The van der Waals surface area contributed by atoms with Crippen molar-refractivity contribution in [3.63, 3.8) is 0 Å². The number of likely N-dealkylation sites (tertiary alicyclic amines) is 1. The summed E-state index contributed by atoms with van der Waals surface area (Å²) in [7, 11) is 3.65. The number of carbonyl (C=O) groups excluding carboxylic acids is 1. The van der Waals surface area contributed by atoms with E-state index in [1.54, 1.807) is 17.9 Å². The van der Waals surface area contributed by atoms with Crippen molar-refractivity contribution >= 4 is 30.7 Å². The largest absolute Gasteiger partial charge is 0.353 e. The van der Waals surface area contributed by atoms with E-state index < -0.39 is 0 Å². The highest BCUT2D eigenvalue weighted by Gasteiger charge is 2.20. The van der Waals surface area contributed by atoms with Gasteiger partial charge < -0.3 is 15.5 Å². The first-order chi connectivity index (χ1) is 10.1. The van der Waals surface area contributed by atoms with Gasteiger partial charge in [-0.25, -0.2) is 0 Å². The average molecular weight is 366 g/mol. The third-order valence-corrected chi connectivity index (χ3v) is 4.08. The van der Waals surface area contributed by atoms with E-state index in [-0.39, 0.29) is 36.8 Å². The van der Waals surface area contributed by atoms with Gasteiger partial charge in [0.1, 0.15) is 6.04 Å². The van der Waals surface area contributed by atoms with E-state index in [0.29, 0.717) is 6.54 Å². The molecule has 1 amide bonds. The average Bonchev–Trinajstić information content (AvgIpc) is 2.86. The molecule has 1 aliphatic rings. The molecule has 0 aliphatic carbocycles. The molecule has 1 saturated heterocycles. The molecule has 2 unspecified atom stereocenters. The number of aryl methyl sites for hydroxylation is 1. The number of hydrogen-bond acceptors (Lipinski definition) is 4. The van der Waals surface area contributed by atoms with Crippen LogP contribution in [0.4, 0.5) is 0 Å². The predicted octanol–water partition coefficient (Wildman–Crippen LogP) is 1.37. The van der Waals surface area contributed by atoms with Gasteiger partial charge in [-0.15, -0.1) is 24.8 Å². The summed E-state index contributed by atoms with van der Waals surface area (Å²) in [5.74, 6) is 0.783. The maximum absolute atomic E-state index is 12.3. The number of piperidine rings is 1. The molecule has 6 nitrogen and oxygen atoms in total. The molecule has 1 aromatic rings. The van der Waals surface area contributed by atoms with E-state index in [0.717, 1.165) is 31.1 Å². The zero-order valence-electron chi connectivity index (χ0n) is 14.1. The van der Waals surface area contributed by atoms with Crippen LogP contribution in [-0.2, 0) is 11.8 Å². The monoisotopic (exact) mass is 365 g/mol. The number of nitrogens with zero attached hydrogens (tertiary/aromatic N) is 3. The van der Waals surface area contributed by atoms with E-state index in [1.165, 1.54) is 12.8 Å². The summed E-state index contributed by atoms with van der Waals surface area (Å²) in [4.78, 5) is 14.7. The van der Waals surface area contributed by atoms with E-state index in [1.807, 2.05) is 13.2 Å². The number of nitrogens with one attached hydrogen (secondary N) is 2. The van der Waals surface area contributed by atoms with Gasteiger partial charge in [-0.05, 0) is 32.4 Å². The second-order valence-corrected chi connectivity index (χ2v) is 6.01. The van der Waals surface area contributed by atoms with E-state index in [9.17, 15) is 4.79 Å². The third kappa shape index (κ3) is 6.67. The summed E-state index contributed by atoms with van der Waals surface area (Å²) >= 11 is 0. The Balaban J connectivity index is 0.00000242. The Morgan fingerprint density at radius 1 is 1.48 bits per heavy atom. The number of hydrogen-bond donors (Lipinski definition) is 2.